The molecule has 0 heterocycles. The molecule has 0 fully saturated rings. The second-order valence-corrected chi connectivity index (χ2v) is 8.05. The van der Waals surface area contributed by atoms with E-state index >= 15 is 0 Å². The minimum absolute atomic E-state index is 0.435. The summed E-state index contributed by atoms with van der Waals surface area (Å²) in [5, 5.41) is 0. The van der Waals surface area contributed by atoms with Gasteiger partial charge in [-0.1, -0.05) is 18.3 Å². The lowest BCUT2D eigenvalue weighted by Gasteiger charge is -2.24. The molecule has 1 unspecified atom stereocenters. The molecule has 0 radical (unpaired) electrons. The number of hydrogen-bond acceptors (Lipinski definition) is 4. The van der Waals surface area contributed by atoms with Crippen molar-refractivity contribution in [3.05, 3.63) is 12.7 Å². The number of unbranched alkanes of at least 4 members (excludes halogenated alkanes) is 2. The quantitative estimate of drug-likeness (QED) is 0.260. The molecule has 0 aromatic rings. The first-order chi connectivity index (χ1) is 7.60. The number of rotatable bonds is 10. The molecule has 0 spiro atoms. The van der Waals surface area contributed by atoms with Crippen LogP contribution in [0.15, 0.2) is 12.7 Å². The zero-order chi connectivity index (χ0) is 12.4. The summed E-state index contributed by atoms with van der Waals surface area (Å²) in [6, 6.07) is 0. The van der Waals surface area contributed by atoms with Gasteiger partial charge >= 0.3 is 6.72 Å². The van der Waals surface area contributed by atoms with Crippen molar-refractivity contribution in [3.8, 4) is 0 Å². The molecule has 0 aromatic heterocycles. The van der Waals surface area contributed by atoms with Gasteiger partial charge in [0.1, 0.15) is 0 Å². The highest BCUT2D eigenvalue weighted by molar-refractivity contribution is 8.56. The normalized spacial score (nSPS) is 14.1. The Bertz CT molecular complexity index is 261. The molecule has 0 bridgehead atoms. The third-order valence-corrected chi connectivity index (χ3v) is 7.25. The Morgan fingerprint density at radius 1 is 1.56 bits per heavy atom. The summed E-state index contributed by atoms with van der Waals surface area (Å²) in [5.74, 6) is 0.818. The van der Waals surface area contributed by atoms with E-state index in [2.05, 4.69) is 6.58 Å². The first-order valence-electron chi connectivity index (χ1n) is 5.29. The summed E-state index contributed by atoms with van der Waals surface area (Å²) in [6.07, 6.45) is 4.99. The van der Waals surface area contributed by atoms with E-state index in [9.17, 15) is 4.57 Å². The molecular formula is C10H20NO2PS2. The lowest BCUT2D eigenvalue weighted by atomic mass is 10.2. The van der Waals surface area contributed by atoms with Gasteiger partial charge in [-0.05, 0) is 37.6 Å². The molecule has 0 rings (SSSR count). The van der Waals surface area contributed by atoms with Crippen LogP contribution in [0.3, 0.4) is 0 Å². The van der Waals surface area contributed by atoms with Crippen molar-refractivity contribution >= 4 is 35.8 Å². The van der Waals surface area contributed by atoms with Crippen molar-refractivity contribution in [1.29, 1.82) is 0 Å². The molecule has 0 saturated carbocycles. The van der Waals surface area contributed by atoms with E-state index in [0.717, 1.165) is 25.0 Å². The maximum atomic E-state index is 12.3. The van der Waals surface area contributed by atoms with Crippen LogP contribution >= 0.6 is 30.3 Å². The molecule has 6 heteroatoms. The molecule has 0 aliphatic carbocycles. The van der Waals surface area contributed by atoms with E-state index in [1.165, 1.54) is 21.5 Å². The van der Waals surface area contributed by atoms with Crippen LogP contribution in [-0.2, 0) is 9.09 Å². The fraction of sp³-hybridized carbons (Fsp3) is 0.700. The third-order valence-electron chi connectivity index (χ3n) is 1.89. The van der Waals surface area contributed by atoms with Crippen LogP contribution in [0.1, 0.15) is 26.2 Å². The fourth-order valence-electron chi connectivity index (χ4n) is 1.01. The van der Waals surface area contributed by atoms with Crippen molar-refractivity contribution in [1.82, 2.24) is 4.67 Å². The van der Waals surface area contributed by atoms with E-state index in [1.807, 2.05) is 13.0 Å². The largest absolute Gasteiger partial charge is 0.353 e. The van der Waals surface area contributed by atoms with Gasteiger partial charge in [-0.15, -0.1) is 6.58 Å². The Labute approximate surface area is 108 Å². The highest BCUT2D eigenvalue weighted by Crippen LogP contribution is 2.61. The molecule has 3 nitrogen and oxygen atoms in total. The highest BCUT2D eigenvalue weighted by Gasteiger charge is 2.27. The first-order valence-corrected chi connectivity index (χ1v) is 8.93. The standard InChI is InChI=1S/C10H20NO2PS2/c1-4-6-7-8-9-16-14(12,13-5-2)11(3)10-15/h4,10H,1,5-9H2,2-3H3. The average molecular weight is 281 g/mol. The molecule has 1 atom stereocenters. The van der Waals surface area contributed by atoms with Crippen LogP contribution < -0.4 is 0 Å². The zero-order valence-corrected chi connectivity index (χ0v) is 12.5. The SMILES string of the molecule is C=CCCCCSP(=O)(OCC)N(C)C=S. The summed E-state index contributed by atoms with van der Waals surface area (Å²) < 4.78 is 19.1. The van der Waals surface area contributed by atoms with Gasteiger partial charge in [-0.25, -0.2) is 0 Å². The third kappa shape index (κ3) is 6.04. The Morgan fingerprint density at radius 3 is 2.75 bits per heavy atom. The van der Waals surface area contributed by atoms with E-state index in [-0.39, 0.29) is 0 Å². The molecule has 16 heavy (non-hydrogen) atoms. The summed E-state index contributed by atoms with van der Waals surface area (Å²) >= 11 is 6.14. The maximum absolute atomic E-state index is 12.3. The maximum Gasteiger partial charge on any atom is 0.353 e. The molecule has 0 aliphatic rings. The second-order valence-electron chi connectivity index (χ2n) is 3.18. The van der Waals surface area contributed by atoms with Gasteiger partial charge in [0.15, 0.2) is 0 Å². The van der Waals surface area contributed by atoms with Crippen molar-refractivity contribution < 1.29 is 9.09 Å². The Morgan fingerprint density at radius 2 is 2.25 bits per heavy atom. The number of hydrogen-bond donors (Lipinski definition) is 0. The second kappa shape index (κ2) is 9.23. The van der Waals surface area contributed by atoms with Crippen LogP contribution in [0.4, 0.5) is 0 Å². The van der Waals surface area contributed by atoms with Gasteiger partial charge in [0.25, 0.3) is 0 Å². The van der Waals surface area contributed by atoms with Crippen molar-refractivity contribution in [2.45, 2.75) is 26.2 Å². The van der Waals surface area contributed by atoms with Crippen molar-refractivity contribution in [2.75, 3.05) is 19.4 Å². The summed E-state index contributed by atoms with van der Waals surface area (Å²) in [4.78, 5) is 0. The molecule has 0 amide bonds. The van der Waals surface area contributed by atoms with Gasteiger partial charge < -0.3 is 4.52 Å². The molecule has 0 saturated heterocycles. The minimum Gasteiger partial charge on any atom is -0.306 e. The number of nitrogens with zero attached hydrogens (tertiary/aromatic N) is 1. The molecular weight excluding hydrogens is 261 g/mol. The van der Waals surface area contributed by atoms with Gasteiger partial charge in [0, 0.05) is 12.8 Å². The topological polar surface area (TPSA) is 29.5 Å². The Balaban J connectivity index is 4.07. The lowest BCUT2D eigenvalue weighted by molar-refractivity contribution is 0.325. The van der Waals surface area contributed by atoms with Gasteiger partial charge in [0.2, 0.25) is 0 Å². The number of thiocarbonyl (C=S) groups is 1. The Hall–Kier alpha value is 0.170. The smallest absolute Gasteiger partial charge is 0.306 e. The van der Waals surface area contributed by atoms with Crippen LogP contribution in [0.25, 0.3) is 0 Å². The summed E-state index contributed by atoms with van der Waals surface area (Å²) in [6.45, 7) is 3.14. The van der Waals surface area contributed by atoms with Crippen LogP contribution in [0, 0.1) is 0 Å². The van der Waals surface area contributed by atoms with Crippen LogP contribution in [0.5, 0.6) is 0 Å². The number of allylic oxidation sites excluding steroid dienone is 1. The molecule has 0 aromatic carbocycles. The van der Waals surface area contributed by atoms with E-state index in [0.29, 0.717) is 6.61 Å². The van der Waals surface area contributed by atoms with E-state index < -0.39 is 6.72 Å². The minimum atomic E-state index is -2.79. The van der Waals surface area contributed by atoms with Gasteiger partial charge in [-0.3, -0.25) is 9.24 Å². The van der Waals surface area contributed by atoms with E-state index in [4.69, 9.17) is 16.7 Å². The van der Waals surface area contributed by atoms with Gasteiger partial charge in [-0.2, -0.15) is 0 Å². The van der Waals surface area contributed by atoms with E-state index in [1.54, 1.807) is 7.05 Å². The Kier molecular flexibility index (Phi) is 9.32. The van der Waals surface area contributed by atoms with Crippen molar-refractivity contribution in [2.24, 2.45) is 0 Å². The van der Waals surface area contributed by atoms with Crippen molar-refractivity contribution in [3.63, 3.8) is 0 Å². The van der Waals surface area contributed by atoms with Gasteiger partial charge in [0.05, 0.1) is 12.1 Å². The monoisotopic (exact) mass is 281 g/mol. The van der Waals surface area contributed by atoms with Crippen LogP contribution in [0.2, 0.25) is 0 Å². The predicted molar refractivity (Wildman–Crippen MR) is 77.2 cm³/mol. The molecule has 0 aliphatic heterocycles. The zero-order valence-electron chi connectivity index (χ0n) is 9.92. The fourth-order valence-corrected chi connectivity index (χ4v) is 5.31. The summed E-state index contributed by atoms with van der Waals surface area (Å²) in [5.41, 5.74) is 1.38. The van der Waals surface area contributed by atoms with Crippen LogP contribution in [-0.4, -0.2) is 29.6 Å². The average Bonchev–Trinajstić information content (AvgIpc) is 2.28. The lowest BCUT2D eigenvalue weighted by Crippen LogP contribution is -2.11. The molecule has 0 N–H and O–H groups in total. The summed E-state index contributed by atoms with van der Waals surface area (Å²) in [7, 11) is 1.69. The highest BCUT2D eigenvalue weighted by atomic mass is 32.7. The predicted octanol–water partition coefficient (Wildman–Crippen LogP) is 4.11. The molecule has 94 valence electrons. The first kappa shape index (κ1) is 16.2.